The van der Waals surface area contributed by atoms with E-state index in [1.165, 1.54) is 0 Å². The second-order valence-electron chi connectivity index (χ2n) is 4.28. The predicted octanol–water partition coefficient (Wildman–Crippen LogP) is 2.80. The van der Waals surface area contributed by atoms with Crippen LogP contribution in [0.15, 0.2) is 16.7 Å². The first-order chi connectivity index (χ1) is 8.07. The third kappa shape index (κ3) is 3.44. The molecule has 4 heteroatoms. The normalized spacial score (nSPS) is 11.4. The van der Waals surface area contributed by atoms with E-state index < -0.39 is 0 Å². The highest BCUT2D eigenvalue weighted by molar-refractivity contribution is 5.96. The van der Waals surface area contributed by atoms with Crippen LogP contribution < -0.4 is 5.32 Å². The summed E-state index contributed by atoms with van der Waals surface area (Å²) in [5.74, 6) is 0.718. The second-order valence-corrected chi connectivity index (χ2v) is 4.28. The van der Waals surface area contributed by atoms with Gasteiger partial charge in [-0.25, -0.2) is 0 Å². The highest BCUT2D eigenvalue weighted by atomic mass is 16.5. The quantitative estimate of drug-likeness (QED) is 0.631. The number of carbonyl (C=O) groups is 1. The smallest absolute Gasteiger partial charge is 0.256 e. The monoisotopic (exact) mass is 236 g/mol. The number of rotatable bonds is 5. The van der Waals surface area contributed by atoms with E-state index in [0.29, 0.717) is 23.6 Å². The van der Waals surface area contributed by atoms with Crippen LogP contribution in [0.3, 0.4) is 0 Å². The third-order valence-electron chi connectivity index (χ3n) is 2.47. The summed E-state index contributed by atoms with van der Waals surface area (Å²) >= 11 is 0. The molecule has 0 radical (unpaired) electrons. The number of amides is 1. The molecule has 17 heavy (non-hydrogen) atoms. The van der Waals surface area contributed by atoms with Gasteiger partial charge < -0.3 is 9.84 Å². The van der Waals surface area contributed by atoms with Crippen LogP contribution in [0.2, 0.25) is 0 Å². The molecule has 94 valence electrons. The maximum atomic E-state index is 12.0. The van der Waals surface area contributed by atoms with Crippen molar-refractivity contribution in [1.82, 2.24) is 10.5 Å². The summed E-state index contributed by atoms with van der Waals surface area (Å²) in [5, 5.41) is 6.72. The minimum Gasteiger partial charge on any atom is -0.360 e. The van der Waals surface area contributed by atoms with Crippen LogP contribution in [0.4, 0.5) is 0 Å². The Morgan fingerprint density at radius 3 is 2.82 bits per heavy atom. The predicted molar refractivity (Wildman–Crippen MR) is 67.1 cm³/mol. The van der Waals surface area contributed by atoms with Gasteiger partial charge in [-0.05, 0) is 20.3 Å². The van der Waals surface area contributed by atoms with E-state index in [4.69, 9.17) is 4.52 Å². The van der Waals surface area contributed by atoms with E-state index >= 15 is 0 Å². The number of aromatic nitrogens is 1. The van der Waals surface area contributed by atoms with Gasteiger partial charge in [-0.3, -0.25) is 4.79 Å². The lowest BCUT2D eigenvalue weighted by Gasteiger charge is -2.05. The molecule has 0 saturated carbocycles. The average molecular weight is 236 g/mol. The molecule has 0 aliphatic carbocycles. The fourth-order valence-electron chi connectivity index (χ4n) is 1.58. The molecule has 4 nitrogen and oxygen atoms in total. The number of aryl methyl sites for hydroxylation is 1. The first kappa shape index (κ1) is 13.5. The zero-order valence-electron chi connectivity index (χ0n) is 10.9. The molecule has 0 unspecified atom stereocenters. The van der Waals surface area contributed by atoms with E-state index in [1.807, 2.05) is 32.9 Å². The molecule has 1 heterocycles. The molecule has 0 atom stereocenters. The van der Waals surface area contributed by atoms with Crippen molar-refractivity contribution in [2.75, 3.05) is 6.54 Å². The van der Waals surface area contributed by atoms with Gasteiger partial charge in [0.25, 0.3) is 5.91 Å². The van der Waals surface area contributed by atoms with E-state index in [-0.39, 0.29) is 11.8 Å². The second kappa shape index (κ2) is 6.23. The van der Waals surface area contributed by atoms with Crippen molar-refractivity contribution >= 4 is 5.91 Å². The highest BCUT2D eigenvalue weighted by Crippen LogP contribution is 2.21. The molecular weight excluding hydrogens is 216 g/mol. The summed E-state index contributed by atoms with van der Waals surface area (Å²) in [6, 6.07) is 0. The standard InChI is InChI=1S/C13H20N2O2/c1-5-6-7-8-14-13(16)11-10(4)15-17-12(11)9(2)3/h5-6,9H,7-8H2,1-4H3,(H,14,16)/b6-5+. The van der Waals surface area contributed by atoms with Crippen LogP contribution in [-0.4, -0.2) is 17.6 Å². The van der Waals surface area contributed by atoms with Crippen LogP contribution in [-0.2, 0) is 0 Å². The number of carbonyl (C=O) groups excluding carboxylic acids is 1. The molecule has 0 aliphatic heterocycles. The Kier molecular flexibility index (Phi) is 4.94. The molecule has 1 amide bonds. The van der Waals surface area contributed by atoms with E-state index in [2.05, 4.69) is 10.5 Å². The van der Waals surface area contributed by atoms with Gasteiger partial charge in [-0.1, -0.05) is 31.2 Å². The van der Waals surface area contributed by atoms with Crippen molar-refractivity contribution in [3.63, 3.8) is 0 Å². The van der Waals surface area contributed by atoms with Crippen molar-refractivity contribution < 1.29 is 9.32 Å². The van der Waals surface area contributed by atoms with E-state index in [1.54, 1.807) is 6.92 Å². The van der Waals surface area contributed by atoms with Gasteiger partial charge in [0.1, 0.15) is 5.56 Å². The molecule has 0 fully saturated rings. The lowest BCUT2D eigenvalue weighted by atomic mass is 10.0. The zero-order valence-corrected chi connectivity index (χ0v) is 10.9. The molecule has 1 N–H and O–H groups in total. The van der Waals surface area contributed by atoms with Gasteiger partial charge in [0, 0.05) is 12.5 Å². The third-order valence-corrected chi connectivity index (χ3v) is 2.47. The van der Waals surface area contributed by atoms with Gasteiger partial charge in [-0.15, -0.1) is 0 Å². The molecule has 1 aromatic heterocycles. The Labute approximate surface area is 102 Å². The van der Waals surface area contributed by atoms with Gasteiger partial charge in [-0.2, -0.15) is 0 Å². The van der Waals surface area contributed by atoms with Gasteiger partial charge in [0.2, 0.25) is 0 Å². The van der Waals surface area contributed by atoms with Crippen molar-refractivity contribution in [2.45, 2.75) is 40.0 Å². The Morgan fingerprint density at radius 1 is 1.53 bits per heavy atom. The van der Waals surface area contributed by atoms with E-state index in [9.17, 15) is 4.79 Å². The van der Waals surface area contributed by atoms with Crippen LogP contribution in [0, 0.1) is 6.92 Å². The summed E-state index contributed by atoms with van der Waals surface area (Å²) in [5.41, 5.74) is 1.23. The fourth-order valence-corrected chi connectivity index (χ4v) is 1.58. The maximum absolute atomic E-state index is 12.0. The van der Waals surface area contributed by atoms with Crippen LogP contribution in [0.1, 0.15) is 54.9 Å². The topological polar surface area (TPSA) is 55.1 Å². The lowest BCUT2D eigenvalue weighted by molar-refractivity contribution is 0.0951. The summed E-state index contributed by atoms with van der Waals surface area (Å²) in [7, 11) is 0. The van der Waals surface area contributed by atoms with Crippen molar-refractivity contribution in [3.8, 4) is 0 Å². The van der Waals surface area contributed by atoms with Crippen molar-refractivity contribution in [1.29, 1.82) is 0 Å². The SMILES string of the molecule is C/C=C/CCNC(=O)c1c(C)noc1C(C)C. The highest BCUT2D eigenvalue weighted by Gasteiger charge is 2.21. The average Bonchev–Trinajstić information content (AvgIpc) is 2.66. The summed E-state index contributed by atoms with van der Waals surface area (Å²) in [4.78, 5) is 12.0. The number of hydrogen-bond acceptors (Lipinski definition) is 3. The molecule has 0 aliphatic rings. The lowest BCUT2D eigenvalue weighted by Crippen LogP contribution is -2.25. The number of allylic oxidation sites excluding steroid dienone is 1. The number of nitrogens with zero attached hydrogens (tertiary/aromatic N) is 1. The summed E-state index contributed by atoms with van der Waals surface area (Å²) in [6.45, 7) is 8.34. The summed E-state index contributed by atoms with van der Waals surface area (Å²) < 4.78 is 5.18. The zero-order chi connectivity index (χ0) is 12.8. The molecule has 0 saturated heterocycles. The van der Waals surface area contributed by atoms with Crippen molar-refractivity contribution in [2.24, 2.45) is 0 Å². The van der Waals surface area contributed by atoms with Crippen LogP contribution in [0.5, 0.6) is 0 Å². The van der Waals surface area contributed by atoms with Gasteiger partial charge >= 0.3 is 0 Å². The summed E-state index contributed by atoms with van der Waals surface area (Å²) in [6.07, 6.45) is 4.82. The fraction of sp³-hybridized carbons (Fsp3) is 0.538. The Balaban J connectivity index is 2.71. The molecule has 0 spiro atoms. The molecule has 1 aromatic rings. The minimum absolute atomic E-state index is 0.100. The number of hydrogen-bond donors (Lipinski definition) is 1. The Hall–Kier alpha value is -1.58. The largest absolute Gasteiger partial charge is 0.360 e. The van der Waals surface area contributed by atoms with Crippen molar-refractivity contribution in [3.05, 3.63) is 29.2 Å². The number of nitrogens with one attached hydrogen (secondary N) is 1. The molecular formula is C13H20N2O2. The van der Waals surface area contributed by atoms with Gasteiger partial charge in [0.05, 0.1) is 5.69 Å². The van der Waals surface area contributed by atoms with E-state index in [0.717, 1.165) is 6.42 Å². The Morgan fingerprint density at radius 2 is 2.24 bits per heavy atom. The first-order valence-corrected chi connectivity index (χ1v) is 5.93. The maximum Gasteiger partial charge on any atom is 0.256 e. The molecule has 0 bridgehead atoms. The van der Waals surface area contributed by atoms with Crippen LogP contribution >= 0.6 is 0 Å². The van der Waals surface area contributed by atoms with Gasteiger partial charge in [0.15, 0.2) is 5.76 Å². The molecule has 0 aromatic carbocycles. The molecule has 1 rings (SSSR count). The first-order valence-electron chi connectivity index (χ1n) is 5.93. The minimum atomic E-state index is -0.100. The van der Waals surface area contributed by atoms with Crippen LogP contribution in [0.25, 0.3) is 0 Å². The Bertz CT molecular complexity index is 406.